The molecule has 1 rings (SSSR count). The van der Waals surface area contributed by atoms with Gasteiger partial charge in [-0.3, -0.25) is 5.10 Å². The number of aromatic nitrogens is 3. The minimum absolute atomic E-state index is 0. The summed E-state index contributed by atoms with van der Waals surface area (Å²) in [4.78, 5) is 13.7. The fourth-order valence-electron chi connectivity index (χ4n) is 0.588. The zero-order valence-corrected chi connectivity index (χ0v) is 6.83. The summed E-state index contributed by atoms with van der Waals surface area (Å²) in [5.74, 6) is -1.38. The number of quaternary nitrogens is 1. The molecule has 0 bridgehead atoms. The van der Waals surface area contributed by atoms with Gasteiger partial charge in [-0.15, -0.1) is 0 Å². The maximum Gasteiger partial charge on any atom is 0.196 e. The molecule has 0 aliphatic heterocycles. The van der Waals surface area contributed by atoms with Crippen LogP contribution in [0.25, 0.3) is 0 Å². The number of rotatable bonds is 3. The van der Waals surface area contributed by atoms with E-state index < -0.39 is 5.97 Å². The van der Waals surface area contributed by atoms with Crippen LogP contribution in [0.5, 0.6) is 0 Å². The van der Waals surface area contributed by atoms with Crippen molar-refractivity contribution in [2.45, 2.75) is 6.61 Å². The van der Waals surface area contributed by atoms with Crippen molar-refractivity contribution in [3.05, 3.63) is 11.6 Å². The standard InChI is InChI=1S/C5H7N3O3.H3N/c1-11-2-3-6-4(5(9)10)8-7-3;/h2H2,1H3,(H,9,10)(H,6,7,8);1H3. The fourth-order valence-corrected chi connectivity index (χ4v) is 0.588. The molecule has 0 aliphatic rings. The average Bonchev–Trinajstić information content (AvgIpc) is 2.37. The van der Waals surface area contributed by atoms with Crippen LogP contribution in [0.15, 0.2) is 0 Å². The zero-order valence-electron chi connectivity index (χ0n) is 6.83. The smallest absolute Gasteiger partial charge is 0.196 e. The summed E-state index contributed by atoms with van der Waals surface area (Å²) >= 11 is 0. The SMILES string of the molecule is COCc1nc(C(=O)[O-])n[nH]1.[NH4+]. The fraction of sp³-hybridized carbons (Fsp3) is 0.400. The number of aromatic carboxylic acids is 1. The summed E-state index contributed by atoms with van der Waals surface area (Å²) in [6.07, 6.45) is 0. The van der Waals surface area contributed by atoms with Gasteiger partial charge in [-0.05, 0) is 0 Å². The third kappa shape index (κ3) is 2.29. The van der Waals surface area contributed by atoms with E-state index in [0.29, 0.717) is 5.82 Å². The number of nitrogens with zero attached hydrogens (tertiary/aromatic N) is 2. The van der Waals surface area contributed by atoms with E-state index in [1.165, 1.54) is 7.11 Å². The molecule has 0 unspecified atom stereocenters. The van der Waals surface area contributed by atoms with Crippen LogP contribution >= 0.6 is 0 Å². The van der Waals surface area contributed by atoms with Gasteiger partial charge in [-0.1, -0.05) is 0 Å². The molecule has 0 saturated heterocycles. The largest absolute Gasteiger partial charge is 0.541 e. The number of H-pyrrole nitrogens is 1. The van der Waals surface area contributed by atoms with E-state index in [9.17, 15) is 9.90 Å². The van der Waals surface area contributed by atoms with Gasteiger partial charge < -0.3 is 20.8 Å². The van der Waals surface area contributed by atoms with Gasteiger partial charge in [0.25, 0.3) is 0 Å². The summed E-state index contributed by atoms with van der Waals surface area (Å²) in [5.41, 5.74) is 0. The Labute approximate surface area is 68.3 Å². The van der Waals surface area contributed by atoms with Crippen molar-refractivity contribution >= 4 is 5.97 Å². The summed E-state index contributed by atoms with van der Waals surface area (Å²) in [6, 6.07) is 0. The molecule has 0 aromatic carbocycles. The van der Waals surface area contributed by atoms with Crippen molar-refractivity contribution in [2.75, 3.05) is 7.11 Å². The maximum absolute atomic E-state index is 10.1. The zero-order chi connectivity index (χ0) is 8.27. The van der Waals surface area contributed by atoms with Crippen molar-refractivity contribution in [3.8, 4) is 0 Å². The van der Waals surface area contributed by atoms with Crippen molar-refractivity contribution in [1.29, 1.82) is 0 Å². The number of aromatic amines is 1. The van der Waals surface area contributed by atoms with Crippen LogP contribution < -0.4 is 11.3 Å². The molecule has 1 heterocycles. The molecular weight excluding hydrogens is 164 g/mol. The lowest BCUT2D eigenvalue weighted by atomic mass is 10.6. The average molecular weight is 174 g/mol. The molecule has 0 fully saturated rings. The highest BCUT2D eigenvalue weighted by Gasteiger charge is 2.01. The third-order valence-corrected chi connectivity index (χ3v) is 0.995. The lowest BCUT2D eigenvalue weighted by molar-refractivity contribution is -0.256. The van der Waals surface area contributed by atoms with Gasteiger partial charge in [-0.2, -0.15) is 5.10 Å². The van der Waals surface area contributed by atoms with Gasteiger partial charge in [-0.25, -0.2) is 4.98 Å². The predicted molar refractivity (Wildman–Crippen MR) is 37.4 cm³/mol. The number of carbonyl (C=O) groups is 1. The Bertz CT molecular complexity index is 259. The van der Waals surface area contributed by atoms with Gasteiger partial charge >= 0.3 is 0 Å². The maximum atomic E-state index is 10.1. The van der Waals surface area contributed by atoms with Crippen molar-refractivity contribution in [2.24, 2.45) is 0 Å². The Kier molecular flexibility index (Phi) is 3.88. The summed E-state index contributed by atoms with van der Waals surface area (Å²) in [7, 11) is 1.47. The highest BCUT2D eigenvalue weighted by Crippen LogP contribution is 1.91. The summed E-state index contributed by atoms with van der Waals surface area (Å²) in [6.45, 7) is 0.209. The highest BCUT2D eigenvalue weighted by atomic mass is 16.5. The molecule has 12 heavy (non-hydrogen) atoms. The number of hydrogen-bond donors (Lipinski definition) is 2. The first-order valence-electron chi connectivity index (χ1n) is 2.85. The number of carboxylic acid groups (broad SMARTS) is 1. The van der Waals surface area contributed by atoms with Gasteiger partial charge in [0.1, 0.15) is 12.6 Å². The summed E-state index contributed by atoms with van der Waals surface area (Å²) in [5, 5.41) is 15.9. The quantitative estimate of drug-likeness (QED) is 0.588. The minimum atomic E-state index is -1.40. The minimum Gasteiger partial charge on any atom is -0.541 e. The van der Waals surface area contributed by atoms with Gasteiger partial charge in [0.15, 0.2) is 11.6 Å². The van der Waals surface area contributed by atoms with E-state index in [4.69, 9.17) is 0 Å². The Morgan fingerprint density at radius 3 is 2.83 bits per heavy atom. The molecule has 5 N–H and O–H groups in total. The van der Waals surface area contributed by atoms with Gasteiger partial charge in [0.2, 0.25) is 0 Å². The van der Waals surface area contributed by atoms with Crippen LogP contribution in [0.2, 0.25) is 0 Å². The van der Waals surface area contributed by atoms with E-state index >= 15 is 0 Å². The van der Waals surface area contributed by atoms with Crippen LogP contribution in [0.4, 0.5) is 0 Å². The van der Waals surface area contributed by atoms with E-state index in [-0.39, 0.29) is 18.6 Å². The monoisotopic (exact) mass is 174 g/mol. The number of methoxy groups -OCH3 is 1. The molecule has 0 radical (unpaired) electrons. The second-order valence-corrected chi connectivity index (χ2v) is 1.83. The first-order valence-corrected chi connectivity index (χ1v) is 2.85. The van der Waals surface area contributed by atoms with E-state index in [1.54, 1.807) is 0 Å². The molecular formula is C5H10N4O3. The van der Waals surface area contributed by atoms with Crippen LogP contribution in [-0.4, -0.2) is 28.3 Å². The van der Waals surface area contributed by atoms with Crippen LogP contribution in [0.3, 0.4) is 0 Å². The van der Waals surface area contributed by atoms with E-state index in [0.717, 1.165) is 0 Å². The lowest BCUT2D eigenvalue weighted by Crippen LogP contribution is -2.23. The Balaban J connectivity index is 0.00000121. The number of hydrogen-bond acceptors (Lipinski definition) is 5. The lowest BCUT2D eigenvalue weighted by Gasteiger charge is -1.91. The van der Waals surface area contributed by atoms with Crippen molar-refractivity contribution < 1.29 is 14.6 Å². The first kappa shape index (κ1) is 10.5. The molecule has 1 aromatic rings. The number of nitrogens with one attached hydrogen (secondary N) is 1. The van der Waals surface area contributed by atoms with Gasteiger partial charge in [0, 0.05) is 7.11 Å². The van der Waals surface area contributed by atoms with Gasteiger partial charge in [0.05, 0.1) is 0 Å². The molecule has 0 saturated carbocycles. The van der Waals surface area contributed by atoms with E-state index in [1.807, 2.05) is 0 Å². The summed E-state index contributed by atoms with van der Waals surface area (Å²) < 4.78 is 4.67. The molecule has 0 spiro atoms. The number of carboxylic acids is 1. The highest BCUT2D eigenvalue weighted by molar-refractivity contribution is 5.80. The number of ether oxygens (including phenoxy) is 1. The topological polar surface area (TPSA) is 127 Å². The second kappa shape index (κ2) is 4.42. The number of carbonyl (C=O) groups excluding carboxylic acids is 1. The third-order valence-electron chi connectivity index (χ3n) is 0.995. The molecule has 7 nitrogen and oxygen atoms in total. The van der Waals surface area contributed by atoms with Crippen LogP contribution in [0.1, 0.15) is 16.4 Å². The Hall–Kier alpha value is -1.47. The Morgan fingerprint density at radius 1 is 1.75 bits per heavy atom. The predicted octanol–water partition coefficient (Wildman–Crippen LogP) is -1.31. The van der Waals surface area contributed by atoms with Crippen molar-refractivity contribution in [3.63, 3.8) is 0 Å². The molecule has 1 aromatic heterocycles. The van der Waals surface area contributed by atoms with Crippen molar-refractivity contribution in [1.82, 2.24) is 21.3 Å². The molecule has 0 atom stereocenters. The molecule has 68 valence electrons. The molecule has 0 aliphatic carbocycles. The normalized spacial score (nSPS) is 9.08. The Morgan fingerprint density at radius 2 is 2.42 bits per heavy atom. The molecule has 0 amide bonds. The van der Waals surface area contributed by atoms with E-state index in [2.05, 4.69) is 19.9 Å². The van der Waals surface area contributed by atoms with Crippen LogP contribution in [0, 0.1) is 0 Å². The molecule has 7 heteroatoms. The second-order valence-electron chi connectivity index (χ2n) is 1.83. The first-order chi connectivity index (χ1) is 5.24. The van der Waals surface area contributed by atoms with Crippen LogP contribution in [-0.2, 0) is 11.3 Å².